The van der Waals surface area contributed by atoms with E-state index in [0.29, 0.717) is 24.6 Å². The van der Waals surface area contributed by atoms with E-state index >= 15 is 0 Å². The molecular formula is C30H26F3N5O2. The lowest BCUT2D eigenvalue weighted by Gasteiger charge is -2.22. The predicted octanol–water partition coefficient (Wildman–Crippen LogP) is 6.56. The van der Waals surface area contributed by atoms with Crippen molar-refractivity contribution in [3.05, 3.63) is 90.0 Å². The van der Waals surface area contributed by atoms with Gasteiger partial charge in [0.2, 0.25) is 0 Å². The third kappa shape index (κ3) is 5.48. The molecule has 3 aromatic rings. The average molecular weight is 546 g/mol. The second-order valence-electron chi connectivity index (χ2n) is 9.57. The minimum Gasteiger partial charge on any atom is -0.406 e. The first kappa shape index (κ1) is 25.8. The Hall–Kier alpha value is -4.44. The highest BCUT2D eigenvalue weighted by Gasteiger charge is 2.31. The minimum atomic E-state index is -4.76. The number of nitrogens with zero attached hydrogens (tertiary/aromatic N) is 4. The molecule has 0 unspecified atom stereocenters. The maximum atomic E-state index is 12.8. The van der Waals surface area contributed by atoms with E-state index in [0.717, 1.165) is 52.0 Å². The fraction of sp³-hybridized carbons (Fsp3) is 0.233. The van der Waals surface area contributed by atoms with E-state index in [2.05, 4.69) is 15.0 Å². The number of benzene rings is 3. The number of nitrogens with one attached hydrogen (secondary N) is 1. The fourth-order valence-electron chi connectivity index (χ4n) is 4.90. The third-order valence-corrected chi connectivity index (χ3v) is 6.81. The van der Waals surface area contributed by atoms with Gasteiger partial charge in [-0.15, -0.1) is 13.2 Å². The van der Waals surface area contributed by atoms with Crippen molar-refractivity contribution < 1.29 is 22.6 Å². The summed E-state index contributed by atoms with van der Waals surface area (Å²) in [6, 6.07) is 21.4. The summed E-state index contributed by atoms with van der Waals surface area (Å²) in [5.74, 6) is -0.284. The summed E-state index contributed by atoms with van der Waals surface area (Å²) in [7, 11) is 0. The lowest BCUT2D eigenvalue weighted by molar-refractivity contribution is -0.274. The van der Waals surface area contributed by atoms with Crippen molar-refractivity contribution in [3.63, 3.8) is 0 Å². The average Bonchev–Trinajstić information content (AvgIpc) is 2.94. The van der Waals surface area contributed by atoms with Gasteiger partial charge in [-0.25, -0.2) is 4.98 Å². The number of alkyl halides is 3. The van der Waals surface area contributed by atoms with Crippen LogP contribution in [-0.4, -0.2) is 40.2 Å². The Labute approximate surface area is 228 Å². The molecule has 40 heavy (non-hydrogen) atoms. The van der Waals surface area contributed by atoms with Crippen LogP contribution < -0.4 is 15.4 Å². The molecule has 3 heterocycles. The third-order valence-electron chi connectivity index (χ3n) is 6.81. The van der Waals surface area contributed by atoms with Crippen molar-refractivity contribution in [1.82, 2.24) is 14.5 Å². The number of fused-ring (bicyclic) bond motifs is 2. The van der Waals surface area contributed by atoms with Gasteiger partial charge in [0, 0.05) is 25.1 Å². The monoisotopic (exact) mass is 545 g/mol. The molecule has 10 heteroatoms. The van der Waals surface area contributed by atoms with E-state index in [1.165, 1.54) is 12.1 Å². The predicted molar refractivity (Wildman–Crippen MR) is 146 cm³/mol. The Morgan fingerprint density at radius 2 is 1.75 bits per heavy atom. The van der Waals surface area contributed by atoms with Crippen molar-refractivity contribution in [2.45, 2.75) is 32.2 Å². The highest BCUT2D eigenvalue weighted by Crippen LogP contribution is 2.32. The van der Waals surface area contributed by atoms with Crippen molar-refractivity contribution in [2.24, 2.45) is 4.99 Å². The van der Waals surface area contributed by atoms with Gasteiger partial charge in [0.25, 0.3) is 0 Å². The maximum absolute atomic E-state index is 12.8. The molecule has 0 bridgehead atoms. The molecule has 7 nitrogen and oxygen atoms in total. The van der Waals surface area contributed by atoms with Crippen LogP contribution in [0.15, 0.2) is 84.0 Å². The molecule has 0 radical (unpaired) electrons. The second-order valence-corrected chi connectivity index (χ2v) is 9.57. The van der Waals surface area contributed by atoms with Gasteiger partial charge in [0.1, 0.15) is 5.75 Å². The van der Waals surface area contributed by atoms with Crippen molar-refractivity contribution in [3.8, 4) is 22.8 Å². The Bertz CT molecular complexity index is 1690. The Balaban J connectivity index is 1.56. The summed E-state index contributed by atoms with van der Waals surface area (Å²) in [5.41, 5.74) is 6.18. The molecular weight excluding hydrogens is 519 g/mol. The van der Waals surface area contributed by atoms with Gasteiger partial charge < -0.3 is 19.4 Å². The zero-order valence-corrected chi connectivity index (χ0v) is 21.7. The molecule has 0 saturated carbocycles. The van der Waals surface area contributed by atoms with E-state index in [-0.39, 0.29) is 11.8 Å². The molecule has 3 aliphatic rings. The second kappa shape index (κ2) is 10.6. The zero-order chi connectivity index (χ0) is 27.7. The Morgan fingerprint density at radius 1 is 0.975 bits per heavy atom. The van der Waals surface area contributed by atoms with Crippen LogP contribution in [0.4, 0.5) is 24.5 Å². The lowest BCUT2D eigenvalue weighted by atomic mass is 10.1. The highest BCUT2D eigenvalue weighted by molar-refractivity contribution is 5.84. The van der Waals surface area contributed by atoms with Crippen LogP contribution in [0.1, 0.15) is 18.5 Å². The summed E-state index contributed by atoms with van der Waals surface area (Å²) >= 11 is 0. The van der Waals surface area contributed by atoms with E-state index in [1.54, 1.807) is 18.3 Å². The number of para-hydroxylation sites is 2. The van der Waals surface area contributed by atoms with Gasteiger partial charge in [-0.05, 0) is 80.4 Å². The number of anilines is 2. The number of ether oxygens (including phenoxy) is 2. The first-order valence-electron chi connectivity index (χ1n) is 13.0. The molecule has 1 saturated heterocycles. The molecule has 0 amide bonds. The number of pyridine rings is 1. The topological polar surface area (TPSA) is 73.6 Å². The van der Waals surface area contributed by atoms with Gasteiger partial charge in [0.15, 0.2) is 0 Å². The summed E-state index contributed by atoms with van der Waals surface area (Å²) in [6.45, 7) is 3.25. The standard InChI is InChI=1S/C30H26F3N5O2/c1-19-23(6-4-14-34-19)36-25-17-27-29(18-26(25)35-20-12-15-39-16-13-20)38(28-7-3-2-5-24(28)37-27)21-8-10-22(11-9-21)40-30(31,32)33/h2-11,14,17-18,20,36H,12-13,15-16H2,1H3. The molecule has 0 atom stereocenters. The number of hydrogen-bond donors (Lipinski definition) is 1. The normalized spacial score (nSPS) is 15.1. The summed E-state index contributed by atoms with van der Waals surface area (Å²) in [5, 5.41) is 4.25. The smallest absolute Gasteiger partial charge is 0.406 e. The minimum absolute atomic E-state index is 0.0995. The van der Waals surface area contributed by atoms with E-state index in [4.69, 9.17) is 14.7 Å². The maximum Gasteiger partial charge on any atom is 0.573 e. The summed E-state index contributed by atoms with van der Waals surface area (Å²) in [4.78, 5) is 14.4. The summed E-state index contributed by atoms with van der Waals surface area (Å²) < 4.78 is 49.9. The molecule has 1 aromatic heterocycles. The van der Waals surface area contributed by atoms with Gasteiger partial charge in [-0.2, -0.15) is 0 Å². The van der Waals surface area contributed by atoms with Crippen LogP contribution in [0, 0.1) is 6.92 Å². The van der Waals surface area contributed by atoms with Crippen molar-refractivity contribution in [1.29, 1.82) is 0 Å². The first-order chi connectivity index (χ1) is 19.3. The lowest BCUT2D eigenvalue weighted by Crippen LogP contribution is -2.23. The van der Waals surface area contributed by atoms with Gasteiger partial charge in [0.05, 0.1) is 50.9 Å². The van der Waals surface area contributed by atoms with Gasteiger partial charge in [-0.3, -0.25) is 9.98 Å². The molecule has 0 spiro atoms. The van der Waals surface area contributed by atoms with E-state index in [9.17, 15) is 13.2 Å². The molecule has 204 valence electrons. The number of aromatic nitrogens is 3. The Morgan fingerprint density at radius 3 is 2.50 bits per heavy atom. The quantitative estimate of drug-likeness (QED) is 0.254. The molecule has 1 fully saturated rings. The molecule has 6 rings (SSSR count). The Kier molecular flexibility index (Phi) is 6.85. The molecule has 1 aliphatic carbocycles. The summed E-state index contributed by atoms with van der Waals surface area (Å²) in [6.07, 6.45) is -1.38. The van der Waals surface area contributed by atoms with Crippen molar-refractivity contribution >= 4 is 22.4 Å². The van der Waals surface area contributed by atoms with E-state index < -0.39 is 6.36 Å². The van der Waals surface area contributed by atoms with Crippen LogP contribution in [0.5, 0.6) is 5.75 Å². The number of hydrogen-bond acceptors (Lipinski definition) is 6. The van der Waals surface area contributed by atoms with Crippen LogP contribution in [-0.2, 0) is 4.74 Å². The number of aryl methyl sites for hydroxylation is 1. The van der Waals surface area contributed by atoms with Crippen LogP contribution >= 0.6 is 0 Å². The van der Waals surface area contributed by atoms with Crippen molar-refractivity contribution in [2.75, 3.05) is 18.5 Å². The van der Waals surface area contributed by atoms with Crippen LogP contribution in [0.2, 0.25) is 0 Å². The molecule has 2 aliphatic heterocycles. The van der Waals surface area contributed by atoms with Crippen LogP contribution in [0.3, 0.4) is 0 Å². The van der Waals surface area contributed by atoms with Gasteiger partial charge in [-0.1, -0.05) is 12.1 Å². The largest absolute Gasteiger partial charge is 0.573 e. The number of rotatable bonds is 5. The highest BCUT2D eigenvalue weighted by atomic mass is 19.4. The van der Waals surface area contributed by atoms with E-state index in [1.807, 2.05) is 60.0 Å². The fourth-order valence-corrected chi connectivity index (χ4v) is 4.90. The van der Waals surface area contributed by atoms with Gasteiger partial charge >= 0.3 is 6.36 Å². The molecule has 2 aromatic carbocycles. The molecule has 1 N–H and O–H groups in total. The SMILES string of the molecule is Cc1ncccc1Nc1cc2nc3ccccc3n(-c3ccc(OC(F)(F)F)cc3)c-2cc1=NC1CCOCC1. The van der Waals surface area contributed by atoms with Crippen LogP contribution in [0.25, 0.3) is 28.1 Å². The zero-order valence-electron chi connectivity index (χ0n) is 21.7. The first-order valence-corrected chi connectivity index (χ1v) is 13.0. The number of halogens is 3.